The molecule has 2 atom stereocenters. The predicted octanol–water partition coefficient (Wildman–Crippen LogP) is 1.65. The molecule has 0 radical (unpaired) electrons. The fourth-order valence-electron chi connectivity index (χ4n) is 2.83. The SMILES string of the molecule is CCNC(CN(C)C)C1CCc2cccnc21. The first-order valence-electron chi connectivity index (χ1n) is 6.54. The molecular formula is C14H23N3. The van der Waals surface area contributed by atoms with Gasteiger partial charge in [-0.25, -0.2) is 0 Å². The molecule has 1 aromatic heterocycles. The Morgan fingerprint density at radius 1 is 1.53 bits per heavy atom. The Balaban J connectivity index is 2.15. The zero-order chi connectivity index (χ0) is 12.3. The van der Waals surface area contributed by atoms with E-state index in [9.17, 15) is 0 Å². The number of hydrogen-bond acceptors (Lipinski definition) is 3. The quantitative estimate of drug-likeness (QED) is 0.838. The molecule has 1 N–H and O–H groups in total. The van der Waals surface area contributed by atoms with Crippen LogP contribution >= 0.6 is 0 Å². The molecule has 1 aromatic rings. The number of aromatic nitrogens is 1. The van der Waals surface area contributed by atoms with Gasteiger partial charge in [0.15, 0.2) is 0 Å². The predicted molar refractivity (Wildman–Crippen MR) is 71.3 cm³/mol. The molecule has 17 heavy (non-hydrogen) atoms. The van der Waals surface area contributed by atoms with Crippen molar-refractivity contribution in [2.24, 2.45) is 0 Å². The minimum absolute atomic E-state index is 0.520. The van der Waals surface area contributed by atoms with Crippen LogP contribution < -0.4 is 5.32 Å². The van der Waals surface area contributed by atoms with Crippen molar-refractivity contribution in [1.82, 2.24) is 15.2 Å². The van der Waals surface area contributed by atoms with Crippen molar-refractivity contribution < 1.29 is 0 Å². The molecule has 0 spiro atoms. The number of pyridine rings is 1. The first kappa shape index (κ1) is 12.5. The van der Waals surface area contributed by atoms with Gasteiger partial charge in [0, 0.05) is 30.4 Å². The van der Waals surface area contributed by atoms with Crippen LogP contribution in [0.4, 0.5) is 0 Å². The average Bonchev–Trinajstić information content (AvgIpc) is 2.71. The molecule has 1 aliphatic rings. The van der Waals surface area contributed by atoms with Crippen LogP contribution in [0.25, 0.3) is 0 Å². The Morgan fingerprint density at radius 3 is 3.06 bits per heavy atom. The second-order valence-electron chi connectivity index (χ2n) is 5.12. The van der Waals surface area contributed by atoms with Gasteiger partial charge in [0.05, 0.1) is 0 Å². The summed E-state index contributed by atoms with van der Waals surface area (Å²) in [7, 11) is 4.28. The second kappa shape index (κ2) is 5.61. The summed E-state index contributed by atoms with van der Waals surface area (Å²) in [6.07, 6.45) is 4.34. The first-order valence-corrected chi connectivity index (χ1v) is 6.54. The summed E-state index contributed by atoms with van der Waals surface area (Å²) in [6, 6.07) is 4.79. The second-order valence-corrected chi connectivity index (χ2v) is 5.12. The fourth-order valence-corrected chi connectivity index (χ4v) is 2.83. The molecule has 94 valence electrons. The number of fused-ring (bicyclic) bond motifs is 1. The summed E-state index contributed by atoms with van der Waals surface area (Å²) in [5.41, 5.74) is 2.76. The van der Waals surface area contributed by atoms with E-state index in [-0.39, 0.29) is 0 Å². The molecule has 3 heteroatoms. The van der Waals surface area contributed by atoms with Crippen LogP contribution in [0.1, 0.15) is 30.5 Å². The van der Waals surface area contributed by atoms with Crippen molar-refractivity contribution in [2.45, 2.75) is 31.7 Å². The summed E-state index contributed by atoms with van der Waals surface area (Å²) < 4.78 is 0. The molecule has 0 aliphatic heterocycles. The lowest BCUT2D eigenvalue weighted by Crippen LogP contribution is -2.42. The van der Waals surface area contributed by atoms with Gasteiger partial charge in [-0.1, -0.05) is 13.0 Å². The summed E-state index contributed by atoms with van der Waals surface area (Å²) in [5, 5.41) is 3.62. The topological polar surface area (TPSA) is 28.2 Å². The van der Waals surface area contributed by atoms with E-state index in [1.807, 2.05) is 6.20 Å². The highest BCUT2D eigenvalue weighted by Crippen LogP contribution is 2.33. The Kier molecular flexibility index (Phi) is 4.13. The van der Waals surface area contributed by atoms with Gasteiger partial charge in [-0.2, -0.15) is 0 Å². The molecule has 1 aliphatic carbocycles. The van der Waals surface area contributed by atoms with E-state index >= 15 is 0 Å². The van der Waals surface area contributed by atoms with Gasteiger partial charge in [0.2, 0.25) is 0 Å². The largest absolute Gasteiger partial charge is 0.312 e. The zero-order valence-electron chi connectivity index (χ0n) is 11.1. The van der Waals surface area contributed by atoms with Gasteiger partial charge in [-0.15, -0.1) is 0 Å². The lowest BCUT2D eigenvalue weighted by molar-refractivity contribution is 0.306. The number of rotatable bonds is 5. The van der Waals surface area contributed by atoms with E-state index in [1.165, 1.54) is 24.1 Å². The number of aryl methyl sites for hydroxylation is 1. The lowest BCUT2D eigenvalue weighted by Gasteiger charge is -2.27. The molecule has 0 saturated carbocycles. The monoisotopic (exact) mass is 233 g/mol. The van der Waals surface area contributed by atoms with Crippen LogP contribution in [0.3, 0.4) is 0 Å². The van der Waals surface area contributed by atoms with Gasteiger partial charge in [-0.05, 0) is 45.1 Å². The standard InChI is InChI=1S/C14H23N3/c1-4-15-13(10-17(2)3)12-8-7-11-6-5-9-16-14(11)12/h5-6,9,12-13,15H,4,7-8,10H2,1-3H3. The van der Waals surface area contributed by atoms with Crippen molar-refractivity contribution in [2.75, 3.05) is 27.2 Å². The van der Waals surface area contributed by atoms with Gasteiger partial charge in [0.25, 0.3) is 0 Å². The molecule has 1 heterocycles. The molecule has 0 amide bonds. The number of nitrogens with zero attached hydrogens (tertiary/aromatic N) is 2. The molecule has 0 saturated heterocycles. The third-order valence-electron chi connectivity index (χ3n) is 3.52. The average molecular weight is 233 g/mol. The van der Waals surface area contributed by atoms with Crippen molar-refractivity contribution in [3.63, 3.8) is 0 Å². The Morgan fingerprint density at radius 2 is 2.35 bits per heavy atom. The number of hydrogen-bond donors (Lipinski definition) is 1. The maximum atomic E-state index is 4.59. The van der Waals surface area contributed by atoms with Crippen LogP contribution in [-0.4, -0.2) is 43.1 Å². The van der Waals surface area contributed by atoms with Gasteiger partial charge < -0.3 is 10.2 Å². The smallest absolute Gasteiger partial charge is 0.0482 e. The van der Waals surface area contributed by atoms with Gasteiger partial charge in [-0.3, -0.25) is 4.98 Å². The lowest BCUT2D eigenvalue weighted by atomic mass is 9.96. The van der Waals surface area contributed by atoms with Gasteiger partial charge >= 0.3 is 0 Å². The molecule has 2 unspecified atom stereocenters. The van der Waals surface area contributed by atoms with E-state index in [1.54, 1.807) is 0 Å². The normalized spacial score (nSPS) is 20.6. The van der Waals surface area contributed by atoms with E-state index in [2.05, 4.69) is 48.4 Å². The minimum atomic E-state index is 0.520. The molecule has 0 bridgehead atoms. The molecule has 0 aromatic carbocycles. The molecule has 2 rings (SSSR count). The third-order valence-corrected chi connectivity index (χ3v) is 3.52. The number of nitrogens with one attached hydrogen (secondary N) is 1. The van der Waals surface area contributed by atoms with E-state index in [0.717, 1.165) is 13.1 Å². The third kappa shape index (κ3) is 2.85. The Bertz CT molecular complexity index is 362. The summed E-state index contributed by atoms with van der Waals surface area (Å²) >= 11 is 0. The Hall–Kier alpha value is -0.930. The minimum Gasteiger partial charge on any atom is -0.312 e. The van der Waals surface area contributed by atoms with Crippen molar-refractivity contribution in [1.29, 1.82) is 0 Å². The van der Waals surface area contributed by atoms with Crippen LogP contribution in [0, 0.1) is 0 Å². The molecule has 0 fully saturated rings. The van der Waals surface area contributed by atoms with Crippen molar-refractivity contribution in [3.05, 3.63) is 29.6 Å². The van der Waals surface area contributed by atoms with Crippen LogP contribution in [-0.2, 0) is 6.42 Å². The summed E-state index contributed by atoms with van der Waals surface area (Å²) in [4.78, 5) is 6.85. The maximum absolute atomic E-state index is 4.59. The number of likely N-dealkylation sites (N-methyl/N-ethyl adjacent to an activating group) is 2. The van der Waals surface area contributed by atoms with Crippen LogP contribution in [0.15, 0.2) is 18.3 Å². The molecule has 3 nitrogen and oxygen atoms in total. The maximum Gasteiger partial charge on any atom is 0.0482 e. The fraction of sp³-hybridized carbons (Fsp3) is 0.643. The molecular weight excluding hydrogens is 210 g/mol. The highest BCUT2D eigenvalue weighted by atomic mass is 15.1. The van der Waals surface area contributed by atoms with E-state index in [0.29, 0.717) is 12.0 Å². The van der Waals surface area contributed by atoms with E-state index < -0.39 is 0 Å². The van der Waals surface area contributed by atoms with Gasteiger partial charge in [0.1, 0.15) is 0 Å². The zero-order valence-corrected chi connectivity index (χ0v) is 11.1. The first-order chi connectivity index (χ1) is 8.22. The van der Waals surface area contributed by atoms with Crippen LogP contribution in [0.5, 0.6) is 0 Å². The van der Waals surface area contributed by atoms with Crippen molar-refractivity contribution in [3.8, 4) is 0 Å². The Labute approximate surface area is 104 Å². The summed E-state index contributed by atoms with van der Waals surface area (Å²) in [6.45, 7) is 4.28. The highest BCUT2D eigenvalue weighted by Gasteiger charge is 2.30. The van der Waals surface area contributed by atoms with Crippen LogP contribution in [0.2, 0.25) is 0 Å². The van der Waals surface area contributed by atoms with Crippen molar-refractivity contribution >= 4 is 0 Å². The highest BCUT2D eigenvalue weighted by molar-refractivity contribution is 5.30. The summed E-state index contributed by atoms with van der Waals surface area (Å²) in [5.74, 6) is 0.577. The van der Waals surface area contributed by atoms with E-state index in [4.69, 9.17) is 0 Å².